The van der Waals surface area contributed by atoms with Gasteiger partial charge in [-0.3, -0.25) is 9.13 Å². The van der Waals surface area contributed by atoms with Gasteiger partial charge >= 0.3 is 5.69 Å². The highest BCUT2D eigenvalue weighted by atomic mass is 16.1. The summed E-state index contributed by atoms with van der Waals surface area (Å²) in [6.45, 7) is 3.62. The molecule has 3 nitrogen and oxygen atoms in total. The number of aryl methyl sites for hydroxylation is 1. The average molecular weight is 292 g/mol. The first-order chi connectivity index (χ1) is 10.8. The Kier molecular flexibility index (Phi) is 3.14. The fourth-order valence-electron chi connectivity index (χ4n) is 3.17. The Morgan fingerprint density at radius 2 is 1.73 bits per heavy atom. The number of imidazole rings is 1. The van der Waals surface area contributed by atoms with Crippen molar-refractivity contribution < 1.29 is 0 Å². The predicted molar refractivity (Wildman–Crippen MR) is 90.0 cm³/mol. The Bertz CT molecular complexity index is 870. The van der Waals surface area contributed by atoms with Gasteiger partial charge in [0.25, 0.3) is 0 Å². The molecule has 0 N–H and O–H groups in total. The van der Waals surface area contributed by atoms with E-state index in [1.54, 1.807) is 0 Å². The largest absolute Gasteiger partial charge is 0.329 e. The zero-order valence-corrected chi connectivity index (χ0v) is 12.8. The minimum atomic E-state index is 0.134. The molecule has 0 bridgehead atoms. The smallest absolute Gasteiger partial charge is 0.292 e. The molecule has 0 radical (unpaired) electrons. The number of nitrogens with zero attached hydrogens (tertiary/aromatic N) is 2. The van der Waals surface area contributed by atoms with E-state index < -0.39 is 0 Å². The summed E-state index contributed by atoms with van der Waals surface area (Å²) in [7, 11) is 0. The number of benzene rings is 2. The Balaban J connectivity index is 1.90. The summed E-state index contributed by atoms with van der Waals surface area (Å²) in [5.41, 5.74) is 4.61. The van der Waals surface area contributed by atoms with Gasteiger partial charge in [0.1, 0.15) is 0 Å². The Morgan fingerprint density at radius 3 is 2.41 bits per heavy atom. The summed E-state index contributed by atoms with van der Waals surface area (Å²) in [6, 6.07) is 16.7. The third kappa shape index (κ3) is 2.17. The highest BCUT2D eigenvalue weighted by Crippen LogP contribution is 2.32. The predicted octanol–water partition coefficient (Wildman–Crippen LogP) is 3.90. The first-order valence-electron chi connectivity index (χ1n) is 8.06. The van der Waals surface area contributed by atoms with Crippen LogP contribution in [0.25, 0.3) is 22.2 Å². The summed E-state index contributed by atoms with van der Waals surface area (Å²) < 4.78 is 3.86. The van der Waals surface area contributed by atoms with E-state index in [0.29, 0.717) is 12.5 Å². The SMILES string of the molecule is CCn1c(=O)n(CC2CC2)c2ccc(-c3ccccc3)cc21. The van der Waals surface area contributed by atoms with Crippen LogP contribution in [0, 0.1) is 5.92 Å². The number of fused-ring (bicyclic) bond motifs is 1. The van der Waals surface area contributed by atoms with Crippen molar-refractivity contribution in [3.05, 3.63) is 59.0 Å². The van der Waals surface area contributed by atoms with Gasteiger partial charge in [-0.15, -0.1) is 0 Å². The van der Waals surface area contributed by atoms with Crippen LogP contribution >= 0.6 is 0 Å². The van der Waals surface area contributed by atoms with E-state index in [1.807, 2.05) is 34.3 Å². The molecule has 0 spiro atoms. The maximum atomic E-state index is 12.7. The topological polar surface area (TPSA) is 26.9 Å². The van der Waals surface area contributed by atoms with Crippen LogP contribution in [0.2, 0.25) is 0 Å². The van der Waals surface area contributed by atoms with E-state index in [-0.39, 0.29) is 5.69 Å². The average Bonchev–Trinajstić information content (AvgIpc) is 3.34. The summed E-state index contributed by atoms with van der Waals surface area (Å²) >= 11 is 0. The van der Waals surface area contributed by atoms with Gasteiger partial charge in [-0.2, -0.15) is 0 Å². The van der Waals surface area contributed by atoms with Crippen LogP contribution in [0.15, 0.2) is 53.3 Å². The summed E-state index contributed by atoms with van der Waals surface area (Å²) in [6.07, 6.45) is 2.51. The minimum absolute atomic E-state index is 0.134. The van der Waals surface area contributed by atoms with Gasteiger partial charge in [-0.05, 0) is 48.9 Å². The van der Waals surface area contributed by atoms with Gasteiger partial charge in [0, 0.05) is 13.1 Å². The second-order valence-corrected chi connectivity index (χ2v) is 6.15. The van der Waals surface area contributed by atoms with Gasteiger partial charge in [-0.25, -0.2) is 4.79 Å². The molecule has 1 aromatic heterocycles. The molecule has 3 heteroatoms. The maximum absolute atomic E-state index is 12.7. The zero-order valence-electron chi connectivity index (χ0n) is 12.8. The fraction of sp³-hybridized carbons (Fsp3) is 0.316. The monoisotopic (exact) mass is 292 g/mol. The molecule has 2 aromatic carbocycles. The van der Waals surface area contributed by atoms with Crippen LogP contribution in [0.1, 0.15) is 19.8 Å². The lowest BCUT2D eigenvalue weighted by atomic mass is 10.1. The van der Waals surface area contributed by atoms with Gasteiger partial charge in [0.2, 0.25) is 0 Å². The molecule has 0 atom stereocenters. The van der Waals surface area contributed by atoms with Crippen LogP contribution in [0.3, 0.4) is 0 Å². The van der Waals surface area contributed by atoms with E-state index >= 15 is 0 Å². The van der Waals surface area contributed by atoms with E-state index in [1.165, 1.54) is 24.0 Å². The molecular weight excluding hydrogens is 272 g/mol. The first-order valence-corrected chi connectivity index (χ1v) is 8.06. The van der Waals surface area contributed by atoms with E-state index in [0.717, 1.165) is 17.6 Å². The molecule has 1 heterocycles. The van der Waals surface area contributed by atoms with Crippen LogP contribution < -0.4 is 5.69 Å². The zero-order chi connectivity index (χ0) is 15.1. The third-order valence-corrected chi connectivity index (χ3v) is 4.58. The summed E-state index contributed by atoms with van der Waals surface area (Å²) in [5.74, 6) is 0.697. The van der Waals surface area contributed by atoms with Crippen molar-refractivity contribution in [1.82, 2.24) is 9.13 Å². The van der Waals surface area contributed by atoms with Crippen molar-refractivity contribution in [2.75, 3.05) is 0 Å². The standard InChI is InChI=1S/C19H20N2O/c1-2-20-18-12-16(15-6-4-3-5-7-15)10-11-17(18)21(19(20)22)13-14-8-9-14/h3-7,10-12,14H,2,8-9,13H2,1H3. The molecule has 4 rings (SSSR count). The van der Waals surface area contributed by atoms with Gasteiger partial charge in [0.15, 0.2) is 0 Å². The third-order valence-electron chi connectivity index (χ3n) is 4.58. The van der Waals surface area contributed by atoms with Crippen LogP contribution in [0.5, 0.6) is 0 Å². The van der Waals surface area contributed by atoms with Gasteiger partial charge in [-0.1, -0.05) is 36.4 Å². The van der Waals surface area contributed by atoms with Crippen molar-refractivity contribution in [3.8, 4) is 11.1 Å². The molecule has 0 aliphatic heterocycles. The highest BCUT2D eigenvalue weighted by Gasteiger charge is 2.24. The molecule has 1 aliphatic rings. The molecule has 0 saturated heterocycles. The Hall–Kier alpha value is -2.29. The molecule has 112 valence electrons. The maximum Gasteiger partial charge on any atom is 0.329 e. The number of rotatable bonds is 4. The molecule has 1 aliphatic carbocycles. The normalized spacial score (nSPS) is 14.6. The summed E-state index contributed by atoms with van der Waals surface area (Å²) in [5, 5.41) is 0. The van der Waals surface area contributed by atoms with Crippen LogP contribution in [-0.4, -0.2) is 9.13 Å². The van der Waals surface area contributed by atoms with E-state index in [2.05, 4.69) is 30.3 Å². The second-order valence-electron chi connectivity index (χ2n) is 6.15. The lowest BCUT2D eigenvalue weighted by Gasteiger charge is -2.04. The fourth-order valence-corrected chi connectivity index (χ4v) is 3.17. The second kappa shape index (κ2) is 5.16. The Labute approximate surface area is 129 Å². The van der Waals surface area contributed by atoms with Gasteiger partial charge in [0.05, 0.1) is 11.0 Å². The van der Waals surface area contributed by atoms with Crippen molar-refractivity contribution in [2.24, 2.45) is 5.92 Å². The first kappa shape index (κ1) is 13.4. The molecular formula is C19H20N2O. The molecule has 1 saturated carbocycles. The van der Waals surface area contributed by atoms with Crippen molar-refractivity contribution in [2.45, 2.75) is 32.9 Å². The molecule has 0 unspecified atom stereocenters. The molecule has 22 heavy (non-hydrogen) atoms. The lowest BCUT2D eigenvalue weighted by Crippen LogP contribution is -2.24. The highest BCUT2D eigenvalue weighted by molar-refractivity contribution is 5.82. The lowest BCUT2D eigenvalue weighted by molar-refractivity contribution is 0.596. The molecule has 1 fully saturated rings. The van der Waals surface area contributed by atoms with E-state index in [9.17, 15) is 4.79 Å². The van der Waals surface area contributed by atoms with Crippen molar-refractivity contribution in [1.29, 1.82) is 0 Å². The van der Waals surface area contributed by atoms with E-state index in [4.69, 9.17) is 0 Å². The van der Waals surface area contributed by atoms with Crippen molar-refractivity contribution >= 4 is 11.0 Å². The number of aromatic nitrogens is 2. The van der Waals surface area contributed by atoms with Crippen LogP contribution in [-0.2, 0) is 13.1 Å². The minimum Gasteiger partial charge on any atom is -0.292 e. The quantitative estimate of drug-likeness (QED) is 0.716. The van der Waals surface area contributed by atoms with Crippen molar-refractivity contribution in [3.63, 3.8) is 0 Å². The molecule has 3 aromatic rings. The Morgan fingerprint density at radius 1 is 0.955 bits per heavy atom. The summed E-state index contributed by atoms with van der Waals surface area (Å²) in [4.78, 5) is 12.7. The number of hydrogen-bond acceptors (Lipinski definition) is 1. The number of hydrogen-bond donors (Lipinski definition) is 0. The van der Waals surface area contributed by atoms with Gasteiger partial charge < -0.3 is 0 Å². The molecule has 0 amide bonds. The van der Waals surface area contributed by atoms with Crippen LogP contribution in [0.4, 0.5) is 0 Å².